The van der Waals surface area contributed by atoms with Crippen LogP contribution in [0.1, 0.15) is 49.3 Å². The van der Waals surface area contributed by atoms with Crippen LogP contribution < -0.4 is 9.62 Å². The molecule has 2 amide bonds. The molecule has 0 unspecified atom stereocenters. The maximum atomic E-state index is 14.0. The number of sulfonamides is 1. The third-order valence-corrected chi connectivity index (χ3v) is 9.35. The largest absolute Gasteiger partial charge is 0.352 e. The van der Waals surface area contributed by atoms with Crippen molar-refractivity contribution in [3.8, 4) is 0 Å². The van der Waals surface area contributed by atoms with Gasteiger partial charge >= 0.3 is 0 Å². The summed E-state index contributed by atoms with van der Waals surface area (Å²) < 4.78 is 28.9. The lowest BCUT2D eigenvalue weighted by molar-refractivity contribution is -0.139. The Morgan fingerprint density at radius 2 is 1.45 bits per heavy atom. The van der Waals surface area contributed by atoms with Crippen LogP contribution in [-0.2, 0) is 26.0 Å². The minimum absolute atomic E-state index is 0.106. The number of benzene rings is 3. The van der Waals surface area contributed by atoms with Crippen molar-refractivity contribution in [3.63, 3.8) is 0 Å². The SMILES string of the molecule is Cc1ccc(N(CC(=O)N(CCc2ccccc2)[C@@H](C)C(=O)NC2CCCC2)S(=O)(=O)c2ccc(C)cc2)cc1. The lowest BCUT2D eigenvalue weighted by atomic mass is 10.1. The second-order valence-corrected chi connectivity index (χ2v) is 12.5. The van der Waals surface area contributed by atoms with Gasteiger partial charge in [-0.2, -0.15) is 0 Å². The number of nitrogens with zero attached hydrogens (tertiary/aromatic N) is 2. The molecule has 3 aromatic carbocycles. The average molecular weight is 562 g/mol. The van der Waals surface area contributed by atoms with E-state index in [9.17, 15) is 18.0 Å². The first-order valence-corrected chi connectivity index (χ1v) is 15.4. The van der Waals surface area contributed by atoms with Crippen molar-refractivity contribution >= 4 is 27.5 Å². The van der Waals surface area contributed by atoms with E-state index in [1.54, 1.807) is 43.3 Å². The molecule has 212 valence electrons. The minimum atomic E-state index is -4.06. The van der Waals surface area contributed by atoms with Gasteiger partial charge in [0.25, 0.3) is 10.0 Å². The standard InChI is InChI=1S/C32H39N3O4S/c1-24-13-17-29(18-14-24)35(40(38,39)30-19-15-25(2)16-20-30)23-31(36)34(22-21-27-9-5-4-6-10-27)26(3)32(37)33-28-11-7-8-12-28/h4-6,9-10,13-20,26,28H,7-8,11-12,21-23H2,1-3H3,(H,33,37)/t26-/m0/s1. The Balaban J connectivity index is 1.63. The summed E-state index contributed by atoms with van der Waals surface area (Å²) in [6, 6.07) is 22.8. The highest BCUT2D eigenvalue weighted by atomic mass is 32.2. The van der Waals surface area contributed by atoms with Crippen LogP contribution in [0.2, 0.25) is 0 Å². The Bertz CT molecular complexity index is 1380. The molecule has 1 saturated carbocycles. The van der Waals surface area contributed by atoms with Gasteiger partial charge in [0.15, 0.2) is 0 Å². The number of carbonyl (C=O) groups is 2. The second-order valence-electron chi connectivity index (χ2n) is 10.6. The van der Waals surface area contributed by atoms with Crippen LogP contribution in [0.4, 0.5) is 5.69 Å². The van der Waals surface area contributed by atoms with Gasteiger partial charge in [0.05, 0.1) is 10.6 Å². The Morgan fingerprint density at radius 1 is 0.875 bits per heavy atom. The maximum Gasteiger partial charge on any atom is 0.264 e. The van der Waals surface area contributed by atoms with Crippen molar-refractivity contribution in [2.75, 3.05) is 17.4 Å². The number of nitrogens with one attached hydrogen (secondary N) is 1. The highest BCUT2D eigenvalue weighted by Crippen LogP contribution is 2.25. The zero-order chi connectivity index (χ0) is 28.7. The van der Waals surface area contributed by atoms with Crippen LogP contribution in [0.25, 0.3) is 0 Å². The molecule has 0 aliphatic heterocycles. The molecule has 1 aliphatic rings. The van der Waals surface area contributed by atoms with E-state index in [1.165, 1.54) is 4.90 Å². The van der Waals surface area contributed by atoms with Gasteiger partial charge in [0, 0.05) is 12.6 Å². The second kappa shape index (κ2) is 13.1. The number of hydrogen-bond donors (Lipinski definition) is 1. The van der Waals surface area contributed by atoms with Crippen molar-refractivity contribution in [3.05, 3.63) is 95.6 Å². The van der Waals surface area contributed by atoms with Crippen molar-refractivity contribution in [2.45, 2.75) is 69.9 Å². The van der Waals surface area contributed by atoms with Crippen LogP contribution in [0.15, 0.2) is 83.8 Å². The van der Waals surface area contributed by atoms with Gasteiger partial charge < -0.3 is 10.2 Å². The molecule has 1 atom stereocenters. The summed E-state index contributed by atoms with van der Waals surface area (Å²) in [7, 11) is -4.06. The van der Waals surface area contributed by atoms with Gasteiger partial charge in [-0.1, -0.05) is 78.6 Å². The summed E-state index contributed by atoms with van der Waals surface area (Å²) in [4.78, 5) is 28.9. The molecular formula is C32H39N3O4S. The van der Waals surface area contributed by atoms with Crippen LogP contribution >= 0.6 is 0 Å². The molecule has 40 heavy (non-hydrogen) atoms. The predicted molar refractivity (Wildman–Crippen MR) is 159 cm³/mol. The van der Waals surface area contributed by atoms with Gasteiger partial charge in [-0.25, -0.2) is 8.42 Å². The molecular weight excluding hydrogens is 522 g/mol. The smallest absolute Gasteiger partial charge is 0.264 e. The van der Waals surface area contributed by atoms with Gasteiger partial charge in [0.2, 0.25) is 11.8 Å². The third-order valence-electron chi connectivity index (χ3n) is 7.56. The molecule has 1 N–H and O–H groups in total. The Labute approximate surface area is 238 Å². The quantitative estimate of drug-likeness (QED) is 0.356. The van der Waals surface area contributed by atoms with E-state index in [2.05, 4.69) is 5.32 Å². The molecule has 0 radical (unpaired) electrons. The summed E-state index contributed by atoms with van der Waals surface area (Å²) in [6.45, 7) is 5.39. The summed E-state index contributed by atoms with van der Waals surface area (Å²) in [6.07, 6.45) is 4.58. The first-order chi connectivity index (χ1) is 19.1. The van der Waals surface area contributed by atoms with E-state index in [4.69, 9.17) is 0 Å². The Morgan fingerprint density at radius 3 is 2.05 bits per heavy atom. The Kier molecular flexibility index (Phi) is 9.63. The molecule has 8 heteroatoms. The molecule has 1 aliphatic carbocycles. The molecule has 0 saturated heterocycles. The molecule has 0 aromatic heterocycles. The molecule has 1 fully saturated rings. The zero-order valence-electron chi connectivity index (χ0n) is 23.5. The maximum absolute atomic E-state index is 14.0. The minimum Gasteiger partial charge on any atom is -0.352 e. The summed E-state index contributed by atoms with van der Waals surface area (Å²) >= 11 is 0. The third kappa shape index (κ3) is 7.30. The molecule has 7 nitrogen and oxygen atoms in total. The molecule has 3 aromatic rings. The molecule has 0 spiro atoms. The number of hydrogen-bond acceptors (Lipinski definition) is 4. The topological polar surface area (TPSA) is 86.8 Å². The normalized spacial score (nSPS) is 14.5. The molecule has 4 rings (SSSR count). The lowest BCUT2D eigenvalue weighted by Crippen LogP contribution is -2.53. The van der Waals surface area contributed by atoms with E-state index in [0.717, 1.165) is 46.7 Å². The predicted octanol–water partition coefficient (Wildman–Crippen LogP) is 5.02. The monoisotopic (exact) mass is 561 g/mol. The first-order valence-electron chi connectivity index (χ1n) is 13.9. The van der Waals surface area contributed by atoms with Gasteiger partial charge in [-0.3, -0.25) is 13.9 Å². The summed E-state index contributed by atoms with van der Waals surface area (Å²) in [5.74, 6) is -0.641. The van der Waals surface area contributed by atoms with Crippen LogP contribution in [-0.4, -0.2) is 50.3 Å². The zero-order valence-corrected chi connectivity index (χ0v) is 24.4. The molecule has 0 heterocycles. The van der Waals surface area contributed by atoms with E-state index in [-0.39, 0.29) is 23.4 Å². The summed E-state index contributed by atoms with van der Waals surface area (Å²) in [5, 5.41) is 3.10. The fraction of sp³-hybridized carbons (Fsp3) is 0.375. The number of amides is 2. The van der Waals surface area contributed by atoms with Crippen molar-refractivity contribution in [1.29, 1.82) is 0 Å². The van der Waals surface area contributed by atoms with Gasteiger partial charge in [0.1, 0.15) is 12.6 Å². The number of rotatable bonds is 11. The van der Waals surface area contributed by atoms with E-state index in [1.807, 2.05) is 56.3 Å². The van der Waals surface area contributed by atoms with Crippen LogP contribution in [0.5, 0.6) is 0 Å². The van der Waals surface area contributed by atoms with Crippen molar-refractivity contribution in [1.82, 2.24) is 10.2 Å². The van der Waals surface area contributed by atoms with Crippen molar-refractivity contribution < 1.29 is 18.0 Å². The van der Waals surface area contributed by atoms with Gasteiger partial charge in [-0.15, -0.1) is 0 Å². The lowest BCUT2D eigenvalue weighted by Gasteiger charge is -2.32. The summed E-state index contributed by atoms with van der Waals surface area (Å²) in [5.41, 5.74) is 3.34. The van der Waals surface area contributed by atoms with E-state index < -0.39 is 28.5 Å². The van der Waals surface area contributed by atoms with Crippen molar-refractivity contribution in [2.24, 2.45) is 0 Å². The number of aryl methyl sites for hydroxylation is 2. The van der Waals surface area contributed by atoms with E-state index in [0.29, 0.717) is 12.1 Å². The highest BCUT2D eigenvalue weighted by molar-refractivity contribution is 7.92. The highest BCUT2D eigenvalue weighted by Gasteiger charge is 2.33. The average Bonchev–Trinajstić information content (AvgIpc) is 3.46. The van der Waals surface area contributed by atoms with Crippen LogP contribution in [0.3, 0.4) is 0 Å². The van der Waals surface area contributed by atoms with E-state index >= 15 is 0 Å². The van der Waals surface area contributed by atoms with Crippen LogP contribution in [0, 0.1) is 13.8 Å². The first kappa shape index (κ1) is 29.3. The molecule has 0 bridgehead atoms. The van der Waals surface area contributed by atoms with Gasteiger partial charge in [-0.05, 0) is 69.9 Å². The number of anilines is 1. The fourth-order valence-corrected chi connectivity index (χ4v) is 6.45. The fourth-order valence-electron chi connectivity index (χ4n) is 5.04. The number of carbonyl (C=O) groups excluding carboxylic acids is 2. The Hall–Kier alpha value is -3.65.